The average Bonchev–Trinajstić information content (AvgIpc) is 3.59. The zero-order valence-corrected chi connectivity index (χ0v) is 24.4. The second-order valence-corrected chi connectivity index (χ2v) is 11.2. The number of aromatic amines is 1. The molecule has 1 unspecified atom stereocenters. The number of nitriles is 2. The van der Waals surface area contributed by atoms with Crippen molar-refractivity contribution in [1.29, 1.82) is 10.5 Å². The summed E-state index contributed by atoms with van der Waals surface area (Å²) in [5, 5.41) is 30.5. The molecule has 1 atom stereocenters. The molecule has 0 bridgehead atoms. The third kappa shape index (κ3) is 5.08. The first kappa shape index (κ1) is 28.9. The Kier molecular flexibility index (Phi) is 8.63. The molecule has 0 radical (unpaired) electrons. The number of fused-ring (bicyclic) bond motifs is 1. The smallest absolute Gasteiger partial charge is 0.261 e. The minimum absolute atomic E-state index is 0.00446. The molecule has 1 aliphatic heterocycles. The first-order chi connectivity index (χ1) is 19.2. The van der Waals surface area contributed by atoms with Gasteiger partial charge in [-0.3, -0.25) is 9.89 Å². The van der Waals surface area contributed by atoms with Crippen LogP contribution in [0.3, 0.4) is 0 Å². The molecule has 3 aromatic rings. The summed E-state index contributed by atoms with van der Waals surface area (Å²) >= 11 is 1.37. The standard InChI is InChI=1S/C30H35N7O2S/c1-6-37(7-2)12-8-11-34-28(38)25-10-9-24(40-25)21-13-20(16-31)14-22(15-21)30(18(3)4)23(17-32)27(33)39-29-26(30)19(5)35-36-29/h9-10,13-15,18H,6-8,11-12,33H2,1-5H3,(H,34,38)(H,35,36). The molecular formula is C30H35N7O2S. The molecule has 0 fully saturated rings. The Balaban J connectivity index is 1.73. The third-order valence-electron chi connectivity index (χ3n) is 7.60. The van der Waals surface area contributed by atoms with Crippen LogP contribution in [-0.2, 0) is 5.41 Å². The van der Waals surface area contributed by atoms with Gasteiger partial charge in [0, 0.05) is 17.1 Å². The predicted molar refractivity (Wildman–Crippen MR) is 156 cm³/mol. The average molecular weight is 558 g/mol. The van der Waals surface area contributed by atoms with Crippen molar-refractivity contribution in [3.8, 4) is 28.5 Å². The molecule has 0 spiro atoms. The Bertz CT molecular complexity index is 1520. The number of allylic oxidation sites excluding steroid dienone is 1. The number of rotatable bonds is 10. The summed E-state index contributed by atoms with van der Waals surface area (Å²) in [5.74, 6) is 0.0667. The van der Waals surface area contributed by atoms with Crippen LogP contribution in [0.1, 0.15) is 66.2 Å². The van der Waals surface area contributed by atoms with Gasteiger partial charge in [0.15, 0.2) is 0 Å². The van der Waals surface area contributed by atoms with Crippen molar-refractivity contribution in [2.24, 2.45) is 11.7 Å². The maximum absolute atomic E-state index is 12.9. The SMILES string of the molecule is CCN(CC)CCCNC(=O)c1ccc(-c2cc(C#N)cc(C3(C(C)C)C(C#N)=C(N)Oc4n[nH]c(C)c43)c2)s1. The summed E-state index contributed by atoms with van der Waals surface area (Å²) in [4.78, 5) is 16.6. The molecule has 208 valence electrons. The second-order valence-electron chi connectivity index (χ2n) is 10.2. The normalized spacial score (nSPS) is 16.4. The van der Waals surface area contributed by atoms with E-state index in [4.69, 9.17) is 10.5 Å². The molecule has 1 amide bonds. The molecule has 40 heavy (non-hydrogen) atoms. The molecule has 1 aromatic carbocycles. The molecule has 3 heterocycles. The number of aromatic nitrogens is 2. The van der Waals surface area contributed by atoms with Gasteiger partial charge < -0.3 is 20.7 Å². The Morgan fingerprint density at radius 2 is 1.98 bits per heavy atom. The van der Waals surface area contributed by atoms with Gasteiger partial charge in [-0.15, -0.1) is 16.4 Å². The van der Waals surface area contributed by atoms with E-state index in [0.717, 1.165) is 53.3 Å². The van der Waals surface area contributed by atoms with Crippen LogP contribution in [0.5, 0.6) is 5.88 Å². The molecule has 10 heteroatoms. The number of H-pyrrole nitrogens is 1. The van der Waals surface area contributed by atoms with Crippen molar-refractivity contribution >= 4 is 17.2 Å². The number of ether oxygens (including phenoxy) is 1. The van der Waals surface area contributed by atoms with E-state index in [1.165, 1.54) is 11.3 Å². The molecule has 2 aromatic heterocycles. The number of benzene rings is 1. The van der Waals surface area contributed by atoms with Crippen LogP contribution >= 0.6 is 11.3 Å². The zero-order chi connectivity index (χ0) is 29.0. The van der Waals surface area contributed by atoms with Gasteiger partial charge in [-0.1, -0.05) is 27.7 Å². The number of aryl methyl sites for hydroxylation is 1. The van der Waals surface area contributed by atoms with Crippen LogP contribution in [0.15, 0.2) is 41.8 Å². The highest BCUT2D eigenvalue weighted by Gasteiger charge is 2.50. The molecule has 1 aliphatic rings. The maximum Gasteiger partial charge on any atom is 0.261 e. The maximum atomic E-state index is 12.9. The lowest BCUT2D eigenvalue weighted by Gasteiger charge is -2.41. The number of hydrogen-bond acceptors (Lipinski definition) is 8. The zero-order valence-electron chi connectivity index (χ0n) is 23.6. The van der Waals surface area contributed by atoms with E-state index in [2.05, 4.69) is 46.4 Å². The van der Waals surface area contributed by atoms with Gasteiger partial charge in [0.25, 0.3) is 5.91 Å². The van der Waals surface area contributed by atoms with Crippen molar-refractivity contribution < 1.29 is 9.53 Å². The lowest BCUT2D eigenvalue weighted by Crippen LogP contribution is -2.41. The van der Waals surface area contributed by atoms with E-state index in [1.54, 1.807) is 12.1 Å². The summed E-state index contributed by atoms with van der Waals surface area (Å²) in [7, 11) is 0. The Morgan fingerprint density at radius 3 is 2.62 bits per heavy atom. The summed E-state index contributed by atoms with van der Waals surface area (Å²) < 4.78 is 5.73. The van der Waals surface area contributed by atoms with E-state index in [-0.39, 0.29) is 23.3 Å². The minimum Gasteiger partial charge on any atom is -0.420 e. The van der Waals surface area contributed by atoms with Crippen LogP contribution in [0.25, 0.3) is 10.4 Å². The van der Waals surface area contributed by atoms with E-state index >= 15 is 0 Å². The van der Waals surface area contributed by atoms with Crippen LogP contribution in [0.4, 0.5) is 0 Å². The van der Waals surface area contributed by atoms with E-state index in [0.29, 0.717) is 22.9 Å². The topological polar surface area (TPSA) is 144 Å². The fourth-order valence-corrected chi connectivity index (χ4v) is 6.48. The van der Waals surface area contributed by atoms with Crippen molar-refractivity contribution in [1.82, 2.24) is 20.4 Å². The van der Waals surface area contributed by atoms with Crippen LogP contribution in [0, 0.1) is 35.5 Å². The van der Waals surface area contributed by atoms with E-state index in [9.17, 15) is 15.3 Å². The lowest BCUT2D eigenvalue weighted by atomic mass is 9.61. The van der Waals surface area contributed by atoms with E-state index < -0.39 is 5.41 Å². The van der Waals surface area contributed by atoms with Gasteiger partial charge in [-0.25, -0.2) is 0 Å². The quantitative estimate of drug-likeness (QED) is 0.304. The highest BCUT2D eigenvalue weighted by Crippen LogP contribution is 2.53. The number of nitrogens with two attached hydrogens (primary N) is 1. The number of amides is 1. The fraction of sp³-hybridized carbons (Fsp3) is 0.400. The lowest BCUT2D eigenvalue weighted by molar-refractivity contribution is 0.0956. The Morgan fingerprint density at radius 1 is 1.23 bits per heavy atom. The van der Waals surface area contributed by atoms with Crippen molar-refractivity contribution in [2.45, 2.75) is 46.5 Å². The molecule has 9 nitrogen and oxygen atoms in total. The van der Waals surface area contributed by atoms with Crippen LogP contribution < -0.4 is 15.8 Å². The highest BCUT2D eigenvalue weighted by atomic mass is 32.1. The first-order valence-electron chi connectivity index (χ1n) is 13.5. The summed E-state index contributed by atoms with van der Waals surface area (Å²) in [6, 6.07) is 13.8. The number of hydrogen-bond donors (Lipinski definition) is 3. The van der Waals surface area contributed by atoms with Gasteiger partial charge >= 0.3 is 0 Å². The highest BCUT2D eigenvalue weighted by molar-refractivity contribution is 7.17. The number of thiophene rings is 1. The summed E-state index contributed by atoms with van der Waals surface area (Å²) in [6.45, 7) is 13.7. The Hall–Kier alpha value is -4.12. The molecule has 0 aliphatic carbocycles. The molecule has 4 N–H and O–H groups in total. The van der Waals surface area contributed by atoms with Gasteiger partial charge in [0.2, 0.25) is 11.8 Å². The van der Waals surface area contributed by atoms with Gasteiger partial charge in [0.1, 0.15) is 11.6 Å². The summed E-state index contributed by atoms with van der Waals surface area (Å²) in [6.07, 6.45) is 0.882. The predicted octanol–water partition coefficient (Wildman–Crippen LogP) is 4.81. The van der Waals surface area contributed by atoms with E-state index in [1.807, 2.05) is 39.0 Å². The van der Waals surface area contributed by atoms with Crippen LogP contribution in [-0.4, -0.2) is 47.2 Å². The second kappa shape index (κ2) is 12.0. The Labute approximate surface area is 239 Å². The number of carbonyl (C=O) groups is 1. The van der Waals surface area contributed by atoms with Gasteiger partial charge in [-0.2, -0.15) is 10.5 Å². The third-order valence-corrected chi connectivity index (χ3v) is 8.73. The molecular weight excluding hydrogens is 522 g/mol. The molecule has 0 saturated carbocycles. The molecule has 0 saturated heterocycles. The van der Waals surface area contributed by atoms with Crippen molar-refractivity contribution in [3.63, 3.8) is 0 Å². The summed E-state index contributed by atoms with van der Waals surface area (Å²) in [5.41, 5.74) is 8.99. The molecule has 4 rings (SSSR count). The van der Waals surface area contributed by atoms with Crippen molar-refractivity contribution in [2.75, 3.05) is 26.2 Å². The first-order valence-corrected chi connectivity index (χ1v) is 14.3. The fourth-order valence-electron chi connectivity index (χ4n) is 5.57. The van der Waals surface area contributed by atoms with Gasteiger partial charge in [0.05, 0.1) is 27.5 Å². The van der Waals surface area contributed by atoms with Gasteiger partial charge in [-0.05, 0) is 80.4 Å². The van der Waals surface area contributed by atoms with Crippen molar-refractivity contribution in [3.05, 3.63) is 69.0 Å². The van der Waals surface area contributed by atoms with Crippen LogP contribution in [0.2, 0.25) is 0 Å². The number of carbonyl (C=O) groups excluding carboxylic acids is 1. The minimum atomic E-state index is -0.993. The largest absolute Gasteiger partial charge is 0.420 e. The number of nitrogens with zero attached hydrogens (tertiary/aromatic N) is 4. The number of nitrogens with one attached hydrogen (secondary N) is 2. The monoisotopic (exact) mass is 557 g/mol.